The Morgan fingerprint density at radius 2 is 2.18 bits per heavy atom. The zero-order chi connectivity index (χ0) is 12.3. The normalized spacial score (nSPS) is 11.1. The lowest BCUT2D eigenvalue weighted by atomic mass is 10.4. The molecule has 0 bridgehead atoms. The summed E-state index contributed by atoms with van der Waals surface area (Å²) in [5.41, 5.74) is 3.20. The largest absolute Gasteiger partial charge is 0.354 e. The van der Waals surface area contributed by atoms with Crippen molar-refractivity contribution in [3.63, 3.8) is 0 Å². The highest BCUT2D eigenvalue weighted by Gasteiger charge is 2.08. The number of nitrogens with zero attached hydrogens (tertiary/aromatic N) is 3. The van der Waals surface area contributed by atoms with E-state index in [9.17, 15) is 0 Å². The molecule has 5 nitrogen and oxygen atoms in total. The lowest BCUT2D eigenvalue weighted by Crippen LogP contribution is -2.21. The number of aromatic nitrogens is 2. The first kappa shape index (κ1) is 12.1. The molecule has 0 unspecified atom stereocenters. The minimum atomic E-state index is 0.686. The Bertz CT molecular complexity index is 494. The summed E-state index contributed by atoms with van der Waals surface area (Å²) in [6.07, 6.45) is 1.06. The fourth-order valence-corrected chi connectivity index (χ4v) is 2.23. The molecular weight excluding hydrogens is 234 g/mol. The van der Waals surface area contributed by atoms with Crippen LogP contribution >= 0.6 is 11.3 Å². The first-order valence-electron chi connectivity index (χ1n) is 5.63. The zero-order valence-electron chi connectivity index (χ0n) is 10.3. The third-order valence-corrected chi connectivity index (χ3v) is 2.99. The average Bonchev–Trinajstić information content (AvgIpc) is 2.73. The predicted molar refractivity (Wildman–Crippen MR) is 73.5 cm³/mol. The van der Waals surface area contributed by atoms with E-state index in [2.05, 4.69) is 27.6 Å². The van der Waals surface area contributed by atoms with E-state index in [0.29, 0.717) is 5.95 Å². The molecule has 2 heterocycles. The van der Waals surface area contributed by atoms with Gasteiger partial charge in [0.05, 0.1) is 5.39 Å². The van der Waals surface area contributed by atoms with Crippen LogP contribution in [0.3, 0.4) is 0 Å². The van der Waals surface area contributed by atoms with Crippen molar-refractivity contribution in [3.05, 3.63) is 11.4 Å². The minimum Gasteiger partial charge on any atom is -0.354 e. The Kier molecular flexibility index (Phi) is 3.75. The molecule has 6 heteroatoms. The number of hydrogen-bond acceptors (Lipinski definition) is 6. The summed E-state index contributed by atoms with van der Waals surface area (Å²) in [6, 6.07) is 2.04. The molecule has 0 radical (unpaired) electrons. The van der Waals surface area contributed by atoms with Gasteiger partial charge in [0.1, 0.15) is 4.83 Å². The molecule has 2 N–H and O–H groups in total. The Morgan fingerprint density at radius 1 is 1.35 bits per heavy atom. The maximum atomic E-state index is 4.48. The van der Waals surface area contributed by atoms with Gasteiger partial charge >= 0.3 is 0 Å². The van der Waals surface area contributed by atoms with Crippen LogP contribution in [-0.2, 0) is 0 Å². The first-order valence-corrected chi connectivity index (χ1v) is 6.51. The summed E-state index contributed by atoms with van der Waals surface area (Å²) in [7, 11) is 3.89. The van der Waals surface area contributed by atoms with Gasteiger partial charge in [0.2, 0.25) is 5.95 Å². The van der Waals surface area contributed by atoms with E-state index >= 15 is 0 Å². The summed E-state index contributed by atoms with van der Waals surface area (Å²) >= 11 is 1.63. The Balaban J connectivity index is 2.36. The minimum absolute atomic E-state index is 0.686. The highest BCUT2D eigenvalue weighted by Crippen LogP contribution is 2.26. The summed E-state index contributed by atoms with van der Waals surface area (Å²) in [5.74, 6) is 1.53. The van der Waals surface area contributed by atoms with Gasteiger partial charge in [0, 0.05) is 20.6 Å². The summed E-state index contributed by atoms with van der Waals surface area (Å²) in [5, 5.41) is 8.19. The number of thiophene rings is 1. The van der Waals surface area contributed by atoms with Crippen LogP contribution in [0.2, 0.25) is 0 Å². The molecule has 92 valence electrons. The number of hydrazine groups is 1. The van der Waals surface area contributed by atoms with Crippen LogP contribution in [-0.4, -0.2) is 35.6 Å². The van der Waals surface area contributed by atoms with Crippen LogP contribution in [0.5, 0.6) is 0 Å². The van der Waals surface area contributed by atoms with E-state index in [4.69, 9.17) is 0 Å². The highest BCUT2D eigenvalue weighted by molar-refractivity contribution is 7.16. The van der Waals surface area contributed by atoms with Gasteiger partial charge in [-0.1, -0.05) is 6.92 Å². The number of rotatable bonds is 5. The topological polar surface area (TPSA) is 53.1 Å². The standard InChI is InChI=1S/C11H17N5S/c1-4-6-12-11-13-9(15-16(2)3)8-5-7-17-10(8)14-11/h5,7H,4,6H2,1-3H3,(H2,12,13,14,15). The van der Waals surface area contributed by atoms with Crippen molar-refractivity contribution in [2.24, 2.45) is 0 Å². The van der Waals surface area contributed by atoms with Crippen molar-refractivity contribution in [2.75, 3.05) is 31.4 Å². The van der Waals surface area contributed by atoms with Crippen molar-refractivity contribution in [1.82, 2.24) is 15.0 Å². The van der Waals surface area contributed by atoms with Crippen LogP contribution in [0.1, 0.15) is 13.3 Å². The van der Waals surface area contributed by atoms with Crippen LogP contribution in [0.15, 0.2) is 11.4 Å². The fourth-order valence-electron chi connectivity index (χ4n) is 1.47. The zero-order valence-corrected chi connectivity index (χ0v) is 11.1. The van der Waals surface area contributed by atoms with Crippen molar-refractivity contribution in [1.29, 1.82) is 0 Å². The van der Waals surface area contributed by atoms with Gasteiger partial charge in [0.15, 0.2) is 5.82 Å². The van der Waals surface area contributed by atoms with Crippen LogP contribution in [0.25, 0.3) is 10.2 Å². The molecule has 0 atom stereocenters. The fraction of sp³-hybridized carbons (Fsp3) is 0.455. The molecule has 0 aliphatic heterocycles. The van der Waals surface area contributed by atoms with E-state index in [1.807, 2.05) is 30.6 Å². The van der Waals surface area contributed by atoms with Crippen LogP contribution in [0, 0.1) is 0 Å². The van der Waals surface area contributed by atoms with E-state index in [0.717, 1.165) is 29.0 Å². The summed E-state index contributed by atoms with van der Waals surface area (Å²) in [6.45, 7) is 3.01. The lowest BCUT2D eigenvalue weighted by Gasteiger charge is -2.14. The summed E-state index contributed by atoms with van der Waals surface area (Å²) in [4.78, 5) is 9.96. The smallest absolute Gasteiger partial charge is 0.226 e. The van der Waals surface area contributed by atoms with Gasteiger partial charge in [-0.3, -0.25) is 0 Å². The third-order valence-electron chi connectivity index (χ3n) is 2.19. The molecule has 0 aromatic carbocycles. The van der Waals surface area contributed by atoms with Gasteiger partial charge in [-0.05, 0) is 17.9 Å². The third kappa shape index (κ3) is 2.83. The van der Waals surface area contributed by atoms with Crippen molar-refractivity contribution >= 4 is 33.3 Å². The van der Waals surface area contributed by atoms with E-state index in [1.54, 1.807) is 11.3 Å². The van der Waals surface area contributed by atoms with Gasteiger partial charge in [0.25, 0.3) is 0 Å². The molecule has 0 aliphatic rings. The van der Waals surface area contributed by atoms with Gasteiger partial charge in [-0.25, -0.2) is 9.99 Å². The number of hydrogen-bond donors (Lipinski definition) is 2. The molecule has 0 aliphatic carbocycles. The van der Waals surface area contributed by atoms with E-state index in [1.165, 1.54) is 0 Å². The van der Waals surface area contributed by atoms with Gasteiger partial charge in [-0.15, -0.1) is 11.3 Å². The van der Waals surface area contributed by atoms with E-state index < -0.39 is 0 Å². The molecular formula is C11H17N5S. The van der Waals surface area contributed by atoms with Crippen molar-refractivity contribution < 1.29 is 0 Å². The lowest BCUT2D eigenvalue weighted by molar-refractivity contribution is 0.493. The van der Waals surface area contributed by atoms with Crippen molar-refractivity contribution in [3.8, 4) is 0 Å². The van der Waals surface area contributed by atoms with Gasteiger partial charge in [-0.2, -0.15) is 4.98 Å². The maximum Gasteiger partial charge on any atom is 0.226 e. The average molecular weight is 251 g/mol. The number of nitrogens with one attached hydrogen (secondary N) is 2. The highest BCUT2D eigenvalue weighted by atomic mass is 32.1. The SMILES string of the molecule is CCCNc1nc(NN(C)C)c2ccsc2n1. The van der Waals surface area contributed by atoms with Crippen LogP contribution in [0.4, 0.5) is 11.8 Å². The summed E-state index contributed by atoms with van der Waals surface area (Å²) < 4.78 is 0. The number of fused-ring (bicyclic) bond motifs is 1. The molecule has 2 rings (SSSR count). The number of anilines is 2. The van der Waals surface area contributed by atoms with Crippen molar-refractivity contribution in [2.45, 2.75) is 13.3 Å². The molecule has 0 fully saturated rings. The molecule has 0 spiro atoms. The molecule has 17 heavy (non-hydrogen) atoms. The molecule has 2 aromatic heterocycles. The Morgan fingerprint density at radius 3 is 2.88 bits per heavy atom. The van der Waals surface area contributed by atoms with Gasteiger partial charge < -0.3 is 10.7 Å². The molecule has 0 amide bonds. The molecule has 0 saturated carbocycles. The quantitative estimate of drug-likeness (QED) is 0.799. The predicted octanol–water partition coefficient (Wildman–Crippen LogP) is 2.40. The van der Waals surface area contributed by atoms with Crippen LogP contribution < -0.4 is 10.7 Å². The molecule has 2 aromatic rings. The monoisotopic (exact) mass is 251 g/mol. The first-order chi connectivity index (χ1) is 8.20. The van der Waals surface area contributed by atoms with E-state index in [-0.39, 0.29) is 0 Å². The second kappa shape index (κ2) is 5.29. The Labute approximate surface area is 105 Å². The second-order valence-corrected chi connectivity index (χ2v) is 4.86. The second-order valence-electron chi connectivity index (χ2n) is 3.97. The Hall–Kier alpha value is -1.40. The molecule has 0 saturated heterocycles. The maximum absolute atomic E-state index is 4.48.